The van der Waals surface area contributed by atoms with Crippen LogP contribution in [-0.4, -0.2) is 59.7 Å². The lowest BCUT2D eigenvalue weighted by atomic mass is 10.1. The number of nitrogens with one attached hydrogen (secondary N) is 1. The number of hydrogen-bond donors (Lipinski definition) is 2. The molecule has 0 aliphatic carbocycles. The van der Waals surface area contributed by atoms with Crippen LogP contribution in [0.5, 0.6) is 0 Å². The molecule has 2 fully saturated rings. The summed E-state index contributed by atoms with van der Waals surface area (Å²) in [4.78, 5) is 13.8. The third kappa shape index (κ3) is 2.29. The summed E-state index contributed by atoms with van der Waals surface area (Å²) in [5.74, 6) is 2.41. The van der Waals surface area contributed by atoms with Crippen LogP contribution >= 0.6 is 11.8 Å². The molecule has 0 aromatic rings. The van der Waals surface area contributed by atoms with Crippen molar-refractivity contribution in [3.05, 3.63) is 0 Å². The van der Waals surface area contributed by atoms with Crippen LogP contribution < -0.4 is 5.32 Å². The van der Waals surface area contributed by atoms with Crippen molar-refractivity contribution in [2.75, 3.05) is 31.6 Å². The van der Waals surface area contributed by atoms with Crippen molar-refractivity contribution in [3.8, 4) is 0 Å². The highest BCUT2D eigenvalue weighted by Gasteiger charge is 2.34. The highest BCUT2D eigenvalue weighted by Crippen LogP contribution is 2.25. The maximum absolute atomic E-state index is 12.1. The van der Waals surface area contributed by atoms with Crippen LogP contribution in [-0.2, 0) is 4.79 Å². The second kappa shape index (κ2) is 4.72. The fourth-order valence-electron chi connectivity index (χ4n) is 2.23. The zero-order valence-corrected chi connectivity index (χ0v) is 9.80. The largest absolute Gasteiger partial charge is 0.390 e. The maximum atomic E-state index is 12.1. The first-order valence-corrected chi connectivity index (χ1v) is 6.59. The topological polar surface area (TPSA) is 52.6 Å². The molecule has 0 saturated carbocycles. The standard InChI is InChI=1S/C10H18N2O2S/c1-12(8-4-11-5-9(8)13)10(14)7-2-3-15-6-7/h7-9,11,13H,2-6H2,1H3/t7?,8-,9-/m0/s1. The summed E-state index contributed by atoms with van der Waals surface area (Å²) in [7, 11) is 1.81. The van der Waals surface area contributed by atoms with Gasteiger partial charge in [0.25, 0.3) is 0 Å². The molecular formula is C10H18N2O2S. The van der Waals surface area contributed by atoms with E-state index in [4.69, 9.17) is 0 Å². The van der Waals surface area contributed by atoms with Gasteiger partial charge in [-0.05, 0) is 12.2 Å². The van der Waals surface area contributed by atoms with E-state index in [1.807, 2.05) is 18.8 Å². The van der Waals surface area contributed by atoms with E-state index in [1.54, 1.807) is 4.90 Å². The van der Waals surface area contributed by atoms with Crippen molar-refractivity contribution in [2.45, 2.75) is 18.6 Å². The van der Waals surface area contributed by atoms with E-state index >= 15 is 0 Å². The third-order valence-electron chi connectivity index (χ3n) is 3.28. The smallest absolute Gasteiger partial charge is 0.226 e. The first-order valence-electron chi connectivity index (χ1n) is 5.43. The first-order chi connectivity index (χ1) is 7.20. The van der Waals surface area contributed by atoms with E-state index in [0.717, 1.165) is 17.9 Å². The molecule has 2 aliphatic rings. The molecule has 0 aromatic heterocycles. The fraction of sp³-hybridized carbons (Fsp3) is 0.900. The van der Waals surface area contributed by atoms with Crippen molar-refractivity contribution in [2.24, 2.45) is 5.92 Å². The molecule has 0 bridgehead atoms. The van der Waals surface area contributed by atoms with Crippen LogP contribution in [0.15, 0.2) is 0 Å². The maximum Gasteiger partial charge on any atom is 0.226 e. The van der Waals surface area contributed by atoms with Gasteiger partial charge in [-0.1, -0.05) is 0 Å². The Labute approximate surface area is 94.4 Å². The SMILES string of the molecule is CN(C(=O)C1CCSC1)[C@H]1CNC[C@@H]1O. The number of aliphatic hydroxyl groups is 1. The number of amides is 1. The van der Waals surface area contributed by atoms with E-state index in [1.165, 1.54) is 0 Å². The Morgan fingerprint density at radius 2 is 2.33 bits per heavy atom. The van der Waals surface area contributed by atoms with E-state index in [2.05, 4.69) is 5.32 Å². The second-order valence-electron chi connectivity index (χ2n) is 4.30. The normalized spacial score (nSPS) is 35.7. The highest BCUT2D eigenvalue weighted by atomic mass is 32.2. The van der Waals surface area contributed by atoms with Crippen LogP contribution in [0.25, 0.3) is 0 Å². The Bertz CT molecular complexity index is 244. The van der Waals surface area contributed by atoms with Gasteiger partial charge < -0.3 is 15.3 Å². The Morgan fingerprint density at radius 3 is 2.87 bits per heavy atom. The molecule has 0 aromatic carbocycles. The quantitative estimate of drug-likeness (QED) is 0.673. The van der Waals surface area contributed by atoms with E-state index in [-0.39, 0.29) is 17.9 Å². The molecule has 15 heavy (non-hydrogen) atoms. The Balaban J connectivity index is 1.94. The van der Waals surface area contributed by atoms with Crippen LogP contribution in [0.3, 0.4) is 0 Å². The number of carbonyl (C=O) groups is 1. The zero-order valence-electron chi connectivity index (χ0n) is 8.98. The van der Waals surface area contributed by atoms with Gasteiger partial charge >= 0.3 is 0 Å². The lowest BCUT2D eigenvalue weighted by Crippen LogP contribution is -2.46. The molecule has 2 saturated heterocycles. The average Bonchev–Trinajstić information content (AvgIpc) is 2.85. The summed E-state index contributed by atoms with van der Waals surface area (Å²) in [6.07, 6.45) is 0.581. The zero-order chi connectivity index (χ0) is 10.8. The average molecular weight is 230 g/mol. The van der Waals surface area contributed by atoms with Crippen molar-refractivity contribution >= 4 is 17.7 Å². The Hall–Kier alpha value is -0.260. The molecule has 3 atom stereocenters. The van der Waals surface area contributed by atoms with Gasteiger partial charge in [0.15, 0.2) is 0 Å². The Morgan fingerprint density at radius 1 is 1.53 bits per heavy atom. The minimum Gasteiger partial charge on any atom is -0.390 e. The molecule has 86 valence electrons. The number of β-amino-alcohol motifs (C(OH)–C–C–N with tert-alkyl or cyclic N) is 1. The number of aliphatic hydroxyl groups excluding tert-OH is 1. The molecule has 1 amide bonds. The number of thioether (sulfide) groups is 1. The second-order valence-corrected chi connectivity index (χ2v) is 5.45. The highest BCUT2D eigenvalue weighted by molar-refractivity contribution is 7.99. The summed E-state index contributed by atoms with van der Waals surface area (Å²) in [5, 5.41) is 12.8. The molecule has 0 spiro atoms. The molecule has 2 aliphatic heterocycles. The summed E-state index contributed by atoms with van der Waals surface area (Å²) < 4.78 is 0. The number of nitrogens with zero attached hydrogens (tertiary/aromatic N) is 1. The molecule has 5 heteroatoms. The Kier molecular flexibility index (Phi) is 3.53. The van der Waals surface area contributed by atoms with Gasteiger partial charge in [0.2, 0.25) is 5.91 Å². The minimum atomic E-state index is -0.409. The van der Waals surface area contributed by atoms with Gasteiger partial charge in [-0.2, -0.15) is 11.8 Å². The van der Waals surface area contributed by atoms with Gasteiger partial charge in [-0.15, -0.1) is 0 Å². The molecule has 2 heterocycles. The molecule has 2 N–H and O–H groups in total. The van der Waals surface area contributed by atoms with Gasteiger partial charge in [0.1, 0.15) is 0 Å². The van der Waals surface area contributed by atoms with Gasteiger partial charge in [0.05, 0.1) is 12.1 Å². The molecule has 0 radical (unpaired) electrons. The van der Waals surface area contributed by atoms with E-state index in [0.29, 0.717) is 13.1 Å². The molecule has 1 unspecified atom stereocenters. The summed E-state index contributed by atoms with van der Waals surface area (Å²) >= 11 is 1.85. The monoisotopic (exact) mass is 230 g/mol. The van der Waals surface area contributed by atoms with Crippen LogP contribution in [0.4, 0.5) is 0 Å². The van der Waals surface area contributed by atoms with Gasteiger partial charge in [-0.25, -0.2) is 0 Å². The van der Waals surface area contributed by atoms with Gasteiger partial charge in [0, 0.05) is 31.8 Å². The van der Waals surface area contributed by atoms with E-state index in [9.17, 15) is 9.90 Å². The number of likely N-dealkylation sites (N-methyl/N-ethyl adjacent to an activating group) is 1. The minimum absolute atomic E-state index is 0.0388. The van der Waals surface area contributed by atoms with Crippen molar-refractivity contribution in [3.63, 3.8) is 0 Å². The summed E-state index contributed by atoms with van der Waals surface area (Å²) in [5.41, 5.74) is 0. The number of rotatable bonds is 2. The van der Waals surface area contributed by atoms with E-state index < -0.39 is 6.10 Å². The summed E-state index contributed by atoms with van der Waals surface area (Å²) in [6, 6.07) is -0.0388. The summed E-state index contributed by atoms with van der Waals surface area (Å²) in [6.45, 7) is 1.31. The van der Waals surface area contributed by atoms with Crippen molar-refractivity contribution in [1.82, 2.24) is 10.2 Å². The first kappa shape index (κ1) is 11.2. The number of hydrogen-bond acceptors (Lipinski definition) is 4. The van der Waals surface area contributed by atoms with Crippen LogP contribution in [0.1, 0.15) is 6.42 Å². The predicted molar refractivity (Wildman–Crippen MR) is 60.9 cm³/mol. The number of carbonyl (C=O) groups excluding carboxylic acids is 1. The fourth-order valence-corrected chi connectivity index (χ4v) is 3.44. The van der Waals surface area contributed by atoms with Crippen LogP contribution in [0.2, 0.25) is 0 Å². The predicted octanol–water partition coefficient (Wildman–Crippen LogP) is -0.469. The molecular weight excluding hydrogens is 212 g/mol. The van der Waals surface area contributed by atoms with Crippen molar-refractivity contribution in [1.29, 1.82) is 0 Å². The lowest BCUT2D eigenvalue weighted by molar-refractivity contribution is -0.136. The molecule has 4 nitrogen and oxygen atoms in total. The lowest BCUT2D eigenvalue weighted by Gasteiger charge is -2.28. The third-order valence-corrected chi connectivity index (χ3v) is 4.44. The van der Waals surface area contributed by atoms with Crippen LogP contribution in [0, 0.1) is 5.92 Å². The molecule has 2 rings (SSSR count). The van der Waals surface area contributed by atoms with Gasteiger partial charge in [-0.3, -0.25) is 4.79 Å². The van der Waals surface area contributed by atoms with Crippen molar-refractivity contribution < 1.29 is 9.90 Å².